The Morgan fingerprint density at radius 1 is 1.18 bits per heavy atom. The zero-order chi connectivity index (χ0) is 12.9. The van der Waals surface area contributed by atoms with Crippen LogP contribution in [0.4, 0.5) is 0 Å². The second-order valence-electron chi connectivity index (χ2n) is 3.66. The van der Waals surface area contributed by atoms with E-state index in [4.69, 9.17) is 8.92 Å². The number of hydrogen-bond donors (Lipinski definition) is 0. The van der Waals surface area contributed by atoms with Gasteiger partial charge >= 0.3 is 0 Å². The molecule has 1 unspecified atom stereocenters. The summed E-state index contributed by atoms with van der Waals surface area (Å²) >= 11 is 0. The Kier molecular flexibility index (Phi) is 5.11. The van der Waals surface area contributed by atoms with Gasteiger partial charge in [-0.1, -0.05) is 24.6 Å². The first-order valence-electron chi connectivity index (χ1n) is 5.61. The van der Waals surface area contributed by atoms with Gasteiger partial charge in [-0.25, -0.2) is 4.18 Å². The molecule has 1 atom stereocenters. The largest absolute Gasteiger partial charge is 0.352 e. The molecule has 1 aromatic rings. The zero-order valence-electron chi connectivity index (χ0n) is 10.3. The lowest BCUT2D eigenvalue weighted by Gasteiger charge is -2.15. The molecule has 0 aliphatic heterocycles. The quantitative estimate of drug-likeness (QED) is 0.581. The maximum absolute atomic E-state index is 11.9. The smallest absolute Gasteiger partial charge is 0.299 e. The summed E-state index contributed by atoms with van der Waals surface area (Å²) in [7, 11) is -3.74. The van der Waals surface area contributed by atoms with Crippen molar-refractivity contribution in [3.05, 3.63) is 29.8 Å². The van der Waals surface area contributed by atoms with Crippen molar-refractivity contribution in [1.82, 2.24) is 0 Å². The summed E-state index contributed by atoms with van der Waals surface area (Å²) in [6, 6.07) is 6.53. The van der Waals surface area contributed by atoms with Crippen molar-refractivity contribution in [3.63, 3.8) is 0 Å². The minimum absolute atomic E-state index is 0.154. The van der Waals surface area contributed by atoms with Crippen LogP contribution in [0.5, 0.6) is 0 Å². The minimum Gasteiger partial charge on any atom is -0.352 e. The van der Waals surface area contributed by atoms with Gasteiger partial charge in [0.15, 0.2) is 6.29 Å². The zero-order valence-corrected chi connectivity index (χ0v) is 11.2. The first kappa shape index (κ1) is 14.2. The summed E-state index contributed by atoms with van der Waals surface area (Å²) in [5.74, 6) is 0. The number of aryl methyl sites for hydroxylation is 1. The highest BCUT2D eigenvalue weighted by atomic mass is 32.2. The Bertz CT molecular complexity index is 436. The topological polar surface area (TPSA) is 52.6 Å². The third-order valence-electron chi connectivity index (χ3n) is 2.23. The van der Waals surface area contributed by atoms with E-state index in [0.717, 1.165) is 5.56 Å². The Morgan fingerprint density at radius 2 is 1.76 bits per heavy atom. The van der Waals surface area contributed by atoms with Crippen molar-refractivity contribution in [3.8, 4) is 0 Å². The van der Waals surface area contributed by atoms with Gasteiger partial charge in [-0.3, -0.25) is 0 Å². The van der Waals surface area contributed by atoms with Crippen molar-refractivity contribution in [2.45, 2.75) is 38.4 Å². The van der Waals surface area contributed by atoms with Crippen LogP contribution in [0.1, 0.15) is 25.8 Å². The summed E-state index contributed by atoms with van der Waals surface area (Å²) in [4.78, 5) is 0.154. The highest BCUT2D eigenvalue weighted by Crippen LogP contribution is 2.16. The average Bonchev–Trinajstić information content (AvgIpc) is 2.28. The van der Waals surface area contributed by atoms with Crippen molar-refractivity contribution in [1.29, 1.82) is 0 Å². The molecule has 0 heterocycles. The van der Waals surface area contributed by atoms with E-state index in [2.05, 4.69) is 0 Å². The molecule has 96 valence electrons. The van der Waals surface area contributed by atoms with Crippen LogP contribution in [-0.4, -0.2) is 21.3 Å². The molecular formula is C12H18O4S. The van der Waals surface area contributed by atoms with Gasteiger partial charge in [-0.15, -0.1) is 0 Å². The summed E-state index contributed by atoms with van der Waals surface area (Å²) in [5.41, 5.74) is 1.00. The Balaban J connectivity index is 2.84. The van der Waals surface area contributed by atoms with Crippen molar-refractivity contribution < 1.29 is 17.3 Å². The molecular weight excluding hydrogens is 240 g/mol. The molecule has 4 nitrogen and oxygen atoms in total. The molecule has 0 radical (unpaired) electrons. The fraction of sp³-hybridized carbons (Fsp3) is 0.500. The maximum atomic E-state index is 11.9. The van der Waals surface area contributed by atoms with Gasteiger partial charge in [-0.05, 0) is 32.4 Å². The van der Waals surface area contributed by atoms with Crippen molar-refractivity contribution in [2.24, 2.45) is 0 Å². The van der Waals surface area contributed by atoms with E-state index in [-0.39, 0.29) is 4.90 Å². The van der Waals surface area contributed by atoms with Crippen molar-refractivity contribution >= 4 is 10.1 Å². The molecule has 0 bridgehead atoms. The number of ether oxygens (including phenoxy) is 1. The van der Waals surface area contributed by atoms with Gasteiger partial charge < -0.3 is 4.74 Å². The van der Waals surface area contributed by atoms with Crippen LogP contribution in [0.25, 0.3) is 0 Å². The van der Waals surface area contributed by atoms with Crippen LogP contribution in [0.15, 0.2) is 29.2 Å². The molecule has 0 N–H and O–H groups in total. The Morgan fingerprint density at radius 3 is 2.24 bits per heavy atom. The van der Waals surface area contributed by atoms with Crippen LogP contribution >= 0.6 is 0 Å². The molecule has 0 saturated carbocycles. The summed E-state index contributed by atoms with van der Waals surface area (Å²) in [6.07, 6.45) is -0.231. The summed E-state index contributed by atoms with van der Waals surface area (Å²) in [5, 5.41) is 0. The molecule has 0 fully saturated rings. The van der Waals surface area contributed by atoms with E-state index in [1.54, 1.807) is 19.1 Å². The second-order valence-corrected chi connectivity index (χ2v) is 5.23. The van der Waals surface area contributed by atoms with Crippen LogP contribution in [0.3, 0.4) is 0 Å². The van der Waals surface area contributed by atoms with Crippen molar-refractivity contribution in [2.75, 3.05) is 6.61 Å². The van der Waals surface area contributed by atoms with E-state index in [9.17, 15) is 8.42 Å². The van der Waals surface area contributed by atoms with E-state index in [1.807, 2.05) is 13.8 Å². The molecule has 0 saturated heterocycles. The lowest BCUT2D eigenvalue weighted by molar-refractivity contribution is -0.0726. The lowest BCUT2D eigenvalue weighted by atomic mass is 10.2. The molecule has 0 amide bonds. The monoisotopic (exact) mass is 258 g/mol. The molecule has 0 aliphatic carbocycles. The predicted octanol–water partition coefficient (Wildman–Crippen LogP) is 2.47. The third kappa shape index (κ3) is 4.11. The first-order valence-corrected chi connectivity index (χ1v) is 7.02. The van der Waals surface area contributed by atoms with Gasteiger partial charge in [0, 0.05) is 6.61 Å². The highest BCUT2D eigenvalue weighted by Gasteiger charge is 2.20. The first-order chi connectivity index (χ1) is 7.99. The predicted molar refractivity (Wildman–Crippen MR) is 65.2 cm³/mol. The fourth-order valence-corrected chi connectivity index (χ4v) is 2.36. The van der Waals surface area contributed by atoms with Gasteiger partial charge in [0.05, 0.1) is 4.90 Å². The highest BCUT2D eigenvalue weighted by molar-refractivity contribution is 7.86. The third-order valence-corrected chi connectivity index (χ3v) is 3.55. The average molecular weight is 258 g/mol. The normalized spacial score (nSPS) is 13.6. The van der Waals surface area contributed by atoms with Crippen LogP contribution in [0.2, 0.25) is 0 Å². The Hall–Kier alpha value is -0.910. The minimum atomic E-state index is -3.74. The Labute approximate surface area is 103 Å². The second kappa shape index (κ2) is 6.14. The van der Waals surface area contributed by atoms with E-state index >= 15 is 0 Å². The molecule has 0 aromatic heterocycles. The summed E-state index contributed by atoms with van der Waals surface area (Å²) in [6.45, 7) is 5.92. The van der Waals surface area contributed by atoms with Gasteiger partial charge in [0.1, 0.15) is 0 Å². The maximum Gasteiger partial charge on any atom is 0.299 e. The molecule has 17 heavy (non-hydrogen) atoms. The van der Waals surface area contributed by atoms with E-state index in [1.165, 1.54) is 12.1 Å². The van der Waals surface area contributed by atoms with Gasteiger partial charge in [0.2, 0.25) is 0 Å². The molecule has 1 aromatic carbocycles. The number of rotatable bonds is 6. The molecule has 0 spiro atoms. The standard InChI is InChI=1S/C12H18O4S/c1-4-12(15-5-2)16-17(13,14)11-8-6-10(3)7-9-11/h6-9,12H,4-5H2,1-3H3. The SMILES string of the molecule is CCOC(CC)OS(=O)(=O)c1ccc(C)cc1. The number of hydrogen-bond acceptors (Lipinski definition) is 4. The van der Waals surface area contributed by atoms with E-state index < -0.39 is 16.4 Å². The summed E-state index contributed by atoms with van der Waals surface area (Å²) < 4.78 is 33.9. The fourth-order valence-electron chi connectivity index (χ4n) is 1.30. The molecule has 1 rings (SSSR count). The van der Waals surface area contributed by atoms with Gasteiger partial charge in [-0.2, -0.15) is 8.42 Å². The van der Waals surface area contributed by atoms with Gasteiger partial charge in [0.25, 0.3) is 10.1 Å². The van der Waals surface area contributed by atoms with Crippen LogP contribution in [0, 0.1) is 6.92 Å². The van der Waals surface area contributed by atoms with E-state index in [0.29, 0.717) is 13.0 Å². The number of benzene rings is 1. The molecule has 0 aliphatic rings. The lowest BCUT2D eigenvalue weighted by Crippen LogP contribution is -2.21. The molecule has 5 heteroatoms. The van der Waals surface area contributed by atoms with Crippen LogP contribution in [-0.2, 0) is 19.0 Å². The van der Waals surface area contributed by atoms with Crippen LogP contribution < -0.4 is 0 Å².